The highest BCUT2D eigenvalue weighted by Crippen LogP contribution is 2.30. The van der Waals surface area contributed by atoms with Crippen LogP contribution in [-0.4, -0.2) is 70.1 Å². The average molecular weight is 377 g/mol. The highest BCUT2D eigenvalue weighted by molar-refractivity contribution is 7.88. The Morgan fingerprint density at radius 3 is 2.65 bits per heavy atom. The SMILES string of the molecule is Cc1cc(C)n2nc(C(=O)N3C[C@H]4CC[C@@H]3CN(S(C)(=O)=O)C4)cc2n1. The van der Waals surface area contributed by atoms with E-state index in [1.807, 2.05) is 24.8 Å². The molecular weight excluding hydrogens is 354 g/mol. The van der Waals surface area contributed by atoms with Gasteiger partial charge in [-0.3, -0.25) is 4.79 Å². The maximum absolute atomic E-state index is 13.1. The molecule has 5 rings (SSSR count). The van der Waals surface area contributed by atoms with Gasteiger partial charge in [0, 0.05) is 43.1 Å². The summed E-state index contributed by atoms with van der Waals surface area (Å²) in [6, 6.07) is 3.54. The number of hydrogen-bond acceptors (Lipinski definition) is 5. The maximum atomic E-state index is 13.1. The number of nitrogens with zero attached hydrogens (tertiary/aromatic N) is 5. The van der Waals surface area contributed by atoms with Gasteiger partial charge in [0.25, 0.3) is 5.91 Å². The van der Waals surface area contributed by atoms with E-state index in [1.165, 1.54) is 10.6 Å². The summed E-state index contributed by atoms with van der Waals surface area (Å²) < 4.78 is 27.2. The Balaban J connectivity index is 1.66. The van der Waals surface area contributed by atoms with Crippen molar-refractivity contribution in [2.75, 3.05) is 25.9 Å². The van der Waals surface area contributed by atoms with E-state index in [-0.39, 0.29) is 17.9 Å². The molecule has 140 valence electrons. The third-order valence-corrected chi connectivity index (χ3v) is 6.60. The van der Waals surface area contributed by atoms with Crippen LogP contribution in [0.1, 0.15) is 34.7 Å². The zero-order chi connectivity index (χ0) is 18.6. The van der Waals surface area contributed by atoms with Gasteiger partial charge in [0.2, 0.25) is 10.0 Å². The molecule has 1 amide bonds. The molecule has 3 saturated heterocycles. The molecule has 9 heteroatoms. The Labute approximate surface area is 152 Å². The van der Waals surface area contributed by atoms with Crippen molar-refractivity contribution in [1.29, 1.82) is 0 Å². The Morgan fingerprint density at radius 2 is 1.92 bits per heavy atom. The molecule has 0 radical (unpaired) electrons. The van der Waals surface area contributed by atoms with Crippen LogP contribution in [0.25, 0.3) is 5.65 Å². The maximum Gasteiger partial charge on any atom is 0.274 e. The van der Waals surface area contributed by atoms with Crippen LogP contribution in [-0.2, 0) is 10.0 Å². The number of hydrogen-bond donors (Lipinski definition) is 0. The number of sulfonamides is 1. The molecule has 0 aromatic carbocycles. The van der Waals surface area contributed by atoms with Gasteiger partial charge in [0.1, 0.15) is 0 Å². The van der Waals surface area contributed by atoms with Crippen LogP contribution in [0.4, 0.5) is 0 Å². The molecule has 26 heavy (non-hydrogen) atoms. The Hall–Kier alpha value is -2.00. The van der Waals surface area contributed by atoms with Crippen molar-refractivity contribution in [3.63, 3.8) is 0 Å². The van der Waals surface area contributed by atoms with Crippen LogP contribution in [0.5, 0.6) is 0 Å². The number of aryl methyl sites for hydroxylation is 2. The number of fused-ring (bicyclic) bond motifs is 5. The Bertz CT molecular complexity index is 984. The Kier molecular flexibility index (Phi) is 4.03. The summed E-state index contributed by atoms with van der Waals surface area (Å²) in [5.41, 5.74) is 2.83. The van der Waals surface area contributed by atoms with Crippen LogP contribution >= 0.6 is 0 Å². The van der Waals surface area contributed by atoms with Gasteiger partial charge in [0.05, 0.1) is 6.26 Å². The van der Waals surface area contributed by atoms with Crippen molar-refractivity contribution in [1.82, 2.24) is 23.8 Å². The lowest BCUT2D eigenvalue weighted by atomic mass is 9.95. The minimum absolute atomic E-state index is 0.100. The van der Waals surface area contributed by atoms with Crippen LogP contribution in [0.3, 0.4) is 0 Å². The summed E-state index contributed by atoms with van der Waals surface area (Å²) in [5, 5.41) is 4.44. The second-order valence-corrected chi connectivity index (χ2v) is 9.46. The first-order chi connectivity index (χ1) is 12.2. The topological polar surface area (TPSA) is 87.9 Å². The van der Waals surface area contributed by atoms with Gasteiger partial charge in [-0.25, -0.2) is 17.9 Å². The van der Waals surface area contributed by atoms with Crippen molar-refractivity contribution < 1.29 is 13.2 Å². The van der Waals surface area contributed by atoms with E-state index in [2.05, 4.69) is 10.1 Å². The van der Waals surface area contributed by atoms with Gasteiger partial charge in [-0.2, -0.15) is 9.40 Å². The predicted octanol–water partition coefficient (Wildman–Crippen LogP) is 0.842. The third kappa shape index (κ3) is 2.99. The minimum Gasteiger partial charge on any atom is -0.333 e. The second kappa shape index (κ2) is 6.02. The molecule has 5 heterocycles. The van der Waals surface area contributed by atoms with Crippen molar-refractivity contribution in [2.45, 2.75) is 32.7 Å². The number of aromatic nitrogens is 3. The quantitative estimate of drug-likeness (QED) is 0.774. The lowest BCUT2D eigenvalue weighted by Gasteiger charge is -2.35. The molecule has 2 atom stereocenters. The van der Waals surface area contributed by atoms with Crippen LogP contribution in [0.2, 0.25) is 0 Å². The fourth-order valence-electron chi connectivity index (χ4n) is 4.10. The van der Waals surface area contributed by atoms with E-state index in [0.717, 1.165) is 24.2 Å². The van der Waals surface area contributed by atoms with Crippen molar-refractivity contribution in [3.8, 4) is 0 Å². The van der Waals surface area contributed by atoms with E-state index in [0.29, 0.717) is 31.0 Å². The van der Waals surface area contributed by atoms with Crippen molar-refractivity contribution >= 4 is 21.6 Å². The van der Waals surface area contributed by atoms with E-state index in [4.69, 9.17) is 0 Å². The molecule has 0 saturated carbocycles. The highest BCUT2D eigenvalue weighted by Gasteiger charge is 2.40. The van der Waals surface area contributed by atoms with Crippen LogP contribution in [0, 0.1) is 19.8 Å². The number of carbonyl (C=O) groups is 1. The molecule has 0 N–H and O–H groups in total. The first-order valence-corrected chi connectivity index (χ1v) is 10.7. The number of carbonyl (C=O) groups excluding carboxylic acids is 1. The fraction of sp³-hybridized carbons (Fsp3) is 0.588. The molecule has 2 aromatic heterocycles. The largest absolute Gasteiger partial charge is 0.333 e. The van der Waals surface area contributed by atoms with E-state index < -0.39 is 10.0 Å². The standard InChI is InChI=1S/C17H23N5O3S/c1-11-6-12(2)22-16(18-11)7-15(19-22)17(23)21-9-13-4-5-14(21)10-20(8-13)26(3,24)25/h6-7,13-14H,4-5,8-10H2,1-3H3/t13-,14+/m0/s1. The zero-order valence-electron chi connectivity index (χ0n) is 15.2. The molecule has 0 unspecified atom stereocenters. The molecule has 3 aliphatic heterocycles. The molecule has 3 fully saturated rings. The normalized spacial score (nSPS) is 24.2. The smallest absolute Gasteiger partial charge is 0.274 e. The van der Waals surface area contributed by atoms with Crippen LogP contribution < -0.4 is 0 Å². The first kappa shape index (κ1) is 17.4. The minimum atomic E-state index is -3.25. The summed E-state index contributed by atoms with van der Waals surface area (Å²) in [5.74, 6) is 0.0316. The van der Waals surface area contributed by atoms with Crippen molar-refractivity contribution in [3.05, 3.63) is 29.2 Å². The molecule has 0 aliphatic carbocycles. The van der Waals surface area contributed by atoms with E-state index >= 15 is 0 Å². The molecule has 2 aromatic rings. The number of amides is 1. The molecule has 8 nitrogen and oxygen atoms in total. The summed E-state index contributed by atoms with van der Waals surface area (Å²) >= 11 is 0. The summed E-state index contributed by atoms with van der Waals surface area (Å²) in [6.07, 6.45) is 3.01. The second-order valence-electron chi connectivity index (χ2n) is 7.47. The summed E-state index contributed by atoms with van der Waals surface area (Å²) in [6.45, 7) is 5.28. The van der Waals surface area contributed by atoms with E-state index in [9.17, 15) is 13.2 Å². The average Bonchev–Trinajstić information content (AvgIpc) is 2.75. The monoisotopic (exact) mass is 377 g/mol. The summed E-state index contributed by atoms with van der Waals surface area (Å²) in [7, 11) is -3.25. The number of piperidine rings is 1. The van der Waals surface area contributed by atoms with Crippen molar-refractivity contribution in [2.24, 2.45) is 5.92 Å². The van der Waals surface area contributed by atoms with Gasteiger partial charge < -0.3 is 4.90 Å². The lowest BCUT2D eigenvalue weighted by molar-refractivity contribution is 0.0582. The molecule has 2 bridgehead atoms. The van der Waals surface area contributed by atoms with Gasteiger partial charge in [-0.15, -0.1) is 0 Å². The van der Waals surface area contributed by atoms with Gasteiger partial charge in [-0.1, -0.05) is 0 Å². The van der Waals surface area contributed by atoms with Gasteiger partial charge >= 0.3 is 0 Å². The predicted molar refractivity (Wildman–Crippen MR) is 96.4 cm³/mol. The van der Waals surface area contributed by atoms with E-state index in [1.54, 1.807) is 10.6 Å². The molecule has 3 aliphatic rings. The van der Waals surface area contributed by atoms with Crippen LogP contribution in [0.15, 0.2) is 12.1 Å². The molecule has 0 spiro atoms. The molecular formula is C17H23N5O3S. The first-order valence-electron chi connectivity index (χ1n) is 8.82. The van der Waals surface area contributed by atoms with Gasteiger partial charge in [0.15, 0.2) is 11.3 Å². The van der Waals surface area contributed by atoms with Gasteiger partial charge in [-0.05, 0) is 38.7 Å². The zero-order valence-corrected chi connectivity index (χ0v) is 16.0. The Morgan fingerprint density at radius 1 is 1.15 bits per heavy atom. The third-order valence-electron chi connectivity index (χ3n) is 5.36. The summed E-state index contributed by atoms with van der Waals surface area (Å²) in [4.78, 5) is 19.4. The highest BCUT2D eigenvalue weighted by atomic mass is 32.2. The fourth-order valence-corrected chi connectivity index (χ4v) is 5.02. The number of rotatable bonds is 2. The lowest BCUT2D eigenvalue weighted by Crippen LogP contribution is -2.47.